The summed E-state index contributed by atoms with van der Waals surface area (Å²) in [5, 5.41) is 9.65. The van der Waals surface area contributed by atoms with Crippen LogP contribution in [0.15, 0.2) is 41.3 Å². The molecule has 0 aliphatic carbocycles. The van der Waals surface area contributed by atoms with E-state index >= 15 is 0 Å². The predicted octanol–water partition coefficient (Wildman–Crippen LogP) is -0.0474. The van der Waals surface area contributed by atoms with E-state index in [4.69, 9.17) is 4.74 Å². The average molecular weight is 427 g/mol. The summed E-state index contributed by atoms with van der Waals surface area (Å²) in [6, 6.07) is 3.83. The number of likely N-dealkylation sites (N-methyl/N-ethyl adjacent to an activating group) is 1. The zero-order chi connectivity index (χ0) is 21.0. The van der Waals surface area contributed by atoms with Crippen molar-refractivity contribution in [3.05, 3.63) is 42.2 Å². The minimum absolute atomic E-state index is 0.0387. The molecule has 0 aromatic heterocycles. The van der Waals surface area contributed by atoms with Gasteiger partial charge in [-0.1, -0.05) is 18.2 Å². The number of piperazine rings is 1. The number of hydrogen-bond acceptors (Lipinski definition) is 6. The number of hydrogen-bond donors (Lipinski definition) is 2. The van der Waals surface area contributed by atoms with E-state index in [-0.39, 0.29) is 17.2 Å². The van der Waals surface area contributed by atoms with Crippen LogP contribution in [0.1, 0.15) is 6.42 Å². The zero-order valence-electron chi connectivity index (χ0n) is 16.2. The van der Waals surface area contributed by atoms with E-state index in [9.17, 15) is 22.7 Å². The lowest BCUT2D eigenvalue weighted by molar-refractivity contribution is -0.136. The van der Waals surface area contributed by atoms with Gasteiger partial charge in [0.15, 0.2) is 0 Å². The highest BCUT2D eigenvalue weighted by atomic mass is 32.2. The third kappa shape index (κ3) is 5.61. The minimum Gasteiger partial charge on any atom is -0.394 e. The molecule has 2 aliphatic heterocycles. The SMILES string of the molecule is CN1CCN(C(=O)C[C@H]2C=C[C@H](NS(=O)(=O)c3cccc(F)c3)[C@@H](CO)O2)CC1. The summed E-state index contributed by atoms with van der Waals surface area (Å²) in [5.74, 6) is -0.701. The molecule has 1 amide bonds. The van der Waals surface area contributed by atoms with Crippen LogP contribution in [0.4, 0.5) is 4.39 Å². The molecular formula is C19H26FN3O5S. The number of aliphatic hydroxyl groups is 1. The summed E-state index contributed by atoms with van der Waals surface area (Å²) < 4.78 is 46.5. The fraction of sp³-hybridized carbons (Fsp3) is 0.526. The van der Waals surface area contributed by atoms with E-state index in [0.717, 1.165) is 25.2 Å². The first-order valence-corrected chi connectivity index (χ1v) is 11.0. The first kappa shape index (κ1) is 21.8. The first-order valence-electron chi connectivity index (χ1n) is 9.47. The third-order valence-electron chi connectivity index (χ3n) is 5.09. The molecule has 8 nitrogen and oxygen atoms in total. The monoisotopic (exact) mass is 427 g/mol. The fourth-order valence-electron chi connectivity index (χ4n) is 3.35. The molecule has 160 valence electrons. The quantitative estimate of drug-likeness (QED) is 0.618. The maximum absolute atomic E-state index is 13.4. The van der Waals surface area contributed by atoms with Gasteiger partial charge in [0.05, 0.1) is 30.1 Å². The summed E-state index contributed by atoms with van der Waals surface area (Å²) in [5.41, 5.74) is 0. The van der Waals surface area contributed by atoms with Gasteiger partial charge in [0.1, 0.15) is 11.9 Å². The summed E-state index contributed by atoms with van der Waals surface area (Å²) in [6.45, 7) is 2.52. The Morgan fingerprint density at radius 2 is 2.00 bits per heavy atom. The Bertz CT molecular complexity index is 855. The number of halogens is 1. The Morgan fingerprint density at radius 3 is 2.66 bits per heavy atom. The molecule has 0 spiro atoms. The van der Waals surface area contributed by atoms with Crippen molar-refractivity contribution in [3.63, 3.8) is 0 Å². The topological polar surface area (TPSA) is 99.2 Å². The van der Waals surface area contributed by atoms with Crippen LogP contribution in [0.2, 0.25) is 0 Å². The number of aliphatic hydroxyl groups excluding tert-OH is 1. The molecule has 1 saturated heterocycles. The molecule has 2 heterocycles. The molecule has 2 N–H and O–H groups in total. The number of amides is 1. The average Bonchev–Trinajstić information content (AvgIpc) is 2.69. The Balaban J connectivity index is 1.63. The van der Waals surface area contributed by atoms with E-state index in [1.165, 1.54) is 12.1 Å². The fourth-order valence-corrected chi connectivity index (χ4v) is 4.60. The smallest absolute Gasteiger partial charge is 0.241 e. The van der Waals surface area contributed by atoms with Gasteiger partial charge < -0.3 is 19.6 Å². The lowest BCUT2D eigenvalue weighted by Crippen LogP contribution is -2.50. The molecule has 0 bridgehead atoms. The van der Waals surface area contributed by atoms with Crippen molar-refractivity contribution >= 4 is 15.9 Å². The normalized spacial score (nSPS) is 25.9. The number of sulfonamides is 1. The van der Waals surface area contributed by atoms with Crippen LogP contribution in [0.3, 0.4) is 0 Å². The molecule has 1 aromatic rings. The molecule has 0 saturated carbocycles. The van der Waals surface area contributed by atoms with Crippen LogP contribution in [0.5, 0.6) is 0 Å². The van der Waals surface area contributed by atoms with Gasteiger partial charge >= 0.3 is 0 Å². The standard InChI is InChI=1S/C19H26FN3O5S/c1-22-7-9-23(10-8-22)19(25)12-15-5-6-17(18(13-24)28-15)21-29(26,27)16-4-2-3-14(20)11-16/h2-6,11,15,17-18,21,24H,7-10,12-13H2,1H3/t15-,17+,18-/m1/s1. The van der Waals surface area contributed by atoms with E-state index in [1.807, 2.05) is 7.05 Å². The maximum Gasteiger partial charge on any atom is 0.241 e. The highest BCUT2D eigenvalue weighted by Crippen LogP contribution is 2.19. The highest BCUT2D eigenvalue weighted by Gasteiger charge is 2.32. The molecule has 1 fully saturated rings. The Morgan fingerprint density at radius 1 is 1.28 bits per heavy atom. The van der Waals surface area contributed by atoms with Gasteiger partial charge in [0, 0.05) is 26.2 Å². The number of rotatable bonds is 6. The predicted molar refractivity (Wildman–Crippen MR) is 104 cm³/mol. The van der Waals surface area contributed by atoms with Crippen molar-refractivity contribution in [2.75, 3.05) is 39.8 Å². The lowest BCUT2D eigenvalue weighted by Gasteiger charge is -2.35. The van der Waals surface area contributed by atoms with E-state index in [2.05, 4.69) is 9.62 Å². The Hall–Kier alpha value is -1.85. The molecule has 29 heavy (non-hydrogen) atoms. The van der Waals surface area contributed by atoms with Gasteiger partial charge in [-0.3, -0.25) is 4.79 Å². The van der Waals surface area contributed by atoms with Crippen LogP contribution in [-0.2, 0) is 19.6 Å². The van der Waals surface area contributed by atoms with Crippen molar-refractivity contribution in [1.82, 2.24) is 14.5 Å². The molecule has 3 rings (SSSR count). The molecule has 0 unspecified atom stereocenters. The summed E-state index contributed by atoms with van der Waals surface area (Å²) in [7, 11) is -1.99. The highest BCUT2D eigenvalue weighted by molar-refractivity contribution is 7.89. The third-order valence-corrected chi connectivity index (χ3v) is 6.55. The number of carbonyl (C=O) groups is 1. The van der Waals surface area contributed by atoms with Gasteiger partial charge in [-0.05, 0) is 25.2 Å². The van der Waals surface area contributed by atoms with Crippen molar-refractivity contribution in [2.24, 2.45) is 0 Å². The molecule has 2 aliphatic rings. The van der Waals surface area contributed by atoms with Crippen LogP contribution in [0.25, 0.3) is 0 Å². The van der Waals surface area contributed by atoms with Crippen molar-refractivity contribution in [3.8, 4) is 0 Å². The Labute approximate surface area is 170 Å². The minimum atomic E-state index is -4.00. The van der Waals surface area contributed by atoms with Crippen LogP contribution in [-0.4, -0.2) is 87.3 Å². The van der Waals surface area contributed by atoms with Gasteiger partial charge in [-0.15, -0.1) is 0 Å². The summed E-state index contributed by atoms with van der Waals surface area (Å²) >= 11 is 0. The second-order valence-electron chi connectivity index (χ2n) is 7.27. The first-order chi connectivity index (χ1) is 13.8. The maximum atomic E-state index is 13.4. The second kappa shape index (κ2) is 9.31. The zero-order valence-corrected chi connectivity index (χ0v) is 17.0. The van der Waals surface area contributed by atoms with Crippen LogP contribution >= 0.6 is 0 Å². The molecule has 10 heteroatoms. The molecule has 1 aromatic carbocycles. The van der Waals surface area contributed by atoms with Crippen LogP contribution < -0.4 is 4.72 Å². The van der Waals surface area contributed by atoms with Gasteiger partial charge in [0.2, 0.25) is 15.9 Å². The van der Waals surface area contributed by atoms with Gasteiger partial charge in [0.25, 0.3) is 0 Å². The molecular weight excluding hydrogens is 401 g/mol. The second-order valence-corrected chi connectivity index (χ2v) is 8.99. The van der Waals surface area contributed by atoms with Crippen molar-refractivity contribution in [1.29, 1.82) is 0 Å². The van der Waals surface area contributed by atoms with E-state index in [1.54, 1.807) is 17.1 Å². The summed E-state index contributed by atoms with van der Waals surface area (Å²) in [4.78, 5) is 16.2. The molecule has 0 radical (unpaired) electrons. The number of nitrogens with one attached hydrogen (secondary N) is 1. The van der Waals surface area contributed by atoms with E-state index in [0.29, 0.717) is 13.1 Å². The molecule has 3 atom stereocenters. The Kier molecular flexibility index (Phi) is 7.01. The number of carbonyl (C=O) groups excluding carboxylic acids is 1. The largest absolute Gasteiger partial charge is 0.394 e. The lowest BCUT2D eigenvalue weighted by atomic mass is 10.1. The number of nitrogens with zero attached hydrogens (tertiary/aromatic N) is 2. The summed E-state index contributed by atoms with van der Waals surface area (Å²) in [6.07, 6.45) is 1.92. The van der Waals surface area contributed by atoms with Gasteiger partial charge in [-0.25, -0.2) is 17.5 Å². The van der Waals surface area contributed by atoms with Crippen LogP contribution in [0, 0.1) is 5.82 Å². The van der Waals surface area contributed by atoms with Crippen molar-refractivity contribution < 1.29 is 27.4 Å². The van der Waals surface area contributed by atoms with E-state index < -0.39 is 40.7 Å². The van der Waals surface area contributed by atoms with Crippen molar-refractivity contribution in [2.45, 2.75) is 29.6 Å². The number of ether oxygens (including phenoxy) is 1. The number of benzene rings is 1. The van der Waals surface area contributed by atoms with Gasteiger partial charge in [-0.2, -0.15) is 0 Å².